The fourth-order valence-corrected chi connectivity index (χ4v) is 3.11. The first-order chi connectivity index (χ1) is 15.5. The standard InChI is InChI=1S/C21H17ClN6O4/c22-13-1-6-16(25-11-13)27-21(31)19-18(23-7-8-24-19)20(30)26-14-2-4-15(5-3-14)28-9-10-32-12-17(28)29/h1-8,11H,9-10,12H2,(H,26,30)(H,25,27,31). The predicted octanol–water partition coefficient (Wildman–Crippen LogP) is 2.39. The summed E-state index contributed by atoms with van der Waals surface area (Å²) >= 11 is 5.79. The molecular weight excluding hydrogens is 436 g/mol. The van der Waals surface area contributed by atoms with Crippen molar-refractivity contribution in [2.45, 2.75) is 0 Å². The van der Waals surface area contributed by atoms with Crippen LogP contribution in [-0.2, 0) is 9.53 Å². The van der Waals surface area contributed by atoms with Crippen molar-refractivity contribution in [3.8, 4) is 0 Å². The molecular formula is C21H17ClN6O4. The molecule has 2 aromatic heterocycles. The fourth-order valence-electron chi connectivity index (χ4n) is 3.00. The Hall–Kier alpha value is -3.89. The second-order valence-corrected chi connectivity index (χ2v) is 7.10. The van der Waals surface area contributed by atoms with Crippen molar-refractivity contribution in [1.82, 2.24) is 15.0 Å². The molecule has 3 amide bonds. The lowest BCUT2D eigenvalue weighted by Crippen LogP contribution is -2.41. The summed E-state index contributed by atoms with van der Waals surface area (Å²) in [6, 6.07) is 9.85. The molecule has 1 aromatic carbocycles. The molecule has 10 nitrogen and oxygen atoms in total. The van der Waals surface area contributed by atoms with Crippen molar-refractivity contribution in [2.75, 3.05) is 35.3 Å². The Morgan fingerprint density at radius 2 is 1.62 bits per heavy atom. The van der Waals surface area contributed by atoms with Crippen LogP contribution >= 0.6 is 11.6 Å². The largest absolute Gasteiger partial charge is 0.370 e. The topological polar surface area (TPSA) is 126 Å². The van der Waals surface area contributed by atoms with Crippen LogP contribution in [0.2, 0.25) is 5.02 Å². The molecule has 0 radical (unpaired) electrons. The zero-order valence-corrected chi connectivity index (χ0v) is 17.4. The number of anilines is 3. The first kappa shape index (κ1) is 21.3. The first-order valence-corrected chi connectivity index (χ1v) is 9.92. The third-order valence-corrected chi connectivity index (χ3v) is 4.74. The predicted molar refractivity (Wildman–Crippen MR) is 117 cm³/mol. The molecule has 11 heteroatoms. The van der Waals surface area contributed by atoms with Gasteiger partial charge in [0.1, 0.15) is 12.4 Å². The maximum atomic E-state index is 12.8. The maximum Gasteiger partial charge on any atom is 0.277 e. The molecule has 0 aliphatic carbocycles. The van der Waals surface area contributed by atoms with E-state index in [2.05, 4.69) is 25.6 Å². The van der Waals surface area contributed by atoms with Crippen molar-refractivity contribution in [2.24, 2.45) is 0 Å². The Morgan fingerprint density at radius 3 is 2.25 bits per heavy atom. The van der Waals surface area contributed by atoms with Gasteiger partial charge in [-0.05, 0) is 36.4 Å². The van der Waals surface area contributed by atoms with Crippen molar-refractivity contribution in [1.29, 1.82) is 0 Å². The number of benzene rings is 1. The minimum atomic E-state index is -0.640. The van der Waals surface area contributed by atoms with Gasteiger partial charge in [0.05, 0.1) is 11.6 Å². The van der Waals surface area contributed by atoms with Gasteiger partial charge in [0.15, 0.2) is 11.4 Å². The highest BCUT2D eigenvalue weighted by Gasteiger charge is 2.22. The number of halogens is 1. The van der Waals surface area contributed by atoms with Crippen LogP contribution in [0, 0.1) is 0 Å². The molecule has 1 aliphatic heterocycles. The van der Waals surface area contributed by atoms with E-state index < -0.39 is 11.8 Å². The van der Waals surface area contributed by atoms with E-state index in [9.17, 15) is 14.4 Å². The third-order valence-electron chi connectivity index (χ3n) is 4.52. The smallest absolute Gasteiger partial charge is 0.277 e. The Morgan fingerprint density at radius 1 is 0.938 bits per heavy atom. The van der Waals surface area contributed by atoms with Crippen LogP contribution in [0.4, 0.5) is 17.2 Å². The van der Waals surface area contributed by atoms with Gasteiger partial charge in [-0.2, -0.15) is 0 Å². The summed E-state index contributed by atoms with van der Waals surface area (Å²) in [6.07, 6.45) is 4.02. The number of hydrogen-bond donors (Lipinski definition) is 2. The quantitative estimate of drug-likeness (QED) is 0.608. The summed E-state index contributed by atoms with van der Waals surface area (Å²) in [6.45, 7) is 0.972. The monoisotopic (exact) mass is 452 g/mol. The van der Waals surface area contributed by atoms with Crippen LogP contribution in [0.15, 0.2) is 55.0 Å². The molecule has 4 rings (SSSR count). The minimum Gasteiger partial charge on any atom is -0.370 e. The van der Waals surface area contributed by atoms with Crippen LogP contribution in [0.3, 0.4) is 0 Å². The number of aromatic nitrogens is 3. The van der Waals surface area contributed by atoms with Crippen molar-refractivity contribution in [3.05, 3.63) is 71.4 Å². The Bertz CT molecular complexity index is 1150. The molecule has 0 atom stereocenters. The Balaban J connectivity index is 1.47. The van der Waals surface area contributed by atoms with E-state index in [4.69, 9.17) is 16.3 Å². The van der Waals surface area contributed by atoms with Crippen LogP contribution in [-0.4, -0.2) is 52.4 Å². The molecule has 1 fully saturated rings. The highest BCUT2D eigenvalue weighted by atomic mass is 35.5. The molecule has 2 N–H and O–H groups in total. The van der Waals surface area contributed by atoms with E-state index in [1.54, 1.807) is 35.2 Å². The maximum absolute atomic E-state index is 12.8. The number of morpholine rings is 1. The van der Waals surface area contributed by atoms with Gasteiger partial charge >= 0.3 is 0 Å². The van der Waals surface area contributed by atoms with Gasteiger partial charge in [0.2, 0.25) is 0 Å². The molecule has 1 saturated heterocycles. The molecule has 0 unspecified atom stereocenters. The zero-order valence-electron chi connectivity index (χ0n) is 16.6. The lowest BCUT2D eigenvalue weighted by atomic mass is 10.2. The normalized spacial score (nSPS) is 13.5. The zero-order chi connectivity index (χ0) is 22.5. The van der Waals surface area contributed by atoms with Crippen molar-refractivity contribution >= 4 is 46.5 Å². The van der Waals surface area contributed by atoms with E-state index in [-0.39, 0.29) is 29.7 Å². The second kappa shape index (κ2) is 9.50. The Kier molecular flexibility index (Phi) is 6.34. The number of hydrogen-bond acceptors (Lipinski definition) is 7. The number of carbonyl (C=O) groups excluding carboxylic acids is 3. The number of nitrogens with one attached hydrogen (secondary N) is 2. The summed E-state index contributed by atoms with van der Waals surface area (Å²) in [4.78, 5) is 50.9. The summed E-state index contributed by atoms with van der Waals surface area (Å²) in [5.41, 5.74) is 0.867. The number of carbonyl (C=O) groups is 3. The molecule has 3 aromatic rings. The molecule has 0 bridgehead atoms. The van der Waals surface area contributed by atoms with E-state index in [1.165, 1.54) is 24.7 Å². The number of rotatable bonds is 5. The van der Waals surface area contributed by atoms with Gasteiger partial charge in [-0.15, -0.1) is 0 Å². The van der Waals surface area contributed by atoms with Gasteiger partial charge in [0, 0.05) is 36.5 Å². The van der Waals surface area contributed by atoms with Crippen LogP contribution in [0.25, 0.3) is 0 Å². The average Bonchev–Trinajstić information content (AvgIpc) is 2.81. The van der Waals surface area contributed by atoms with Crippen LogP contribution < -0.4 is 15.5 Å². The Labute approximate surface area is 187 Å². The number of pyridine rings is 1. The lowest BCUT2D eigenvalue weighted by molar-refractivity contribution is -0.125. The van der Waals surface area contributed by atoms with Crippen LogP contribution in [0.1, 0.15) is 21.0 Å². The summed E-state index contributed by atoms with van der Waals surface area (Å²) < 4.78 is 5.13. The van der Waals surface area contributed by atoms with Gasteiger partial charge < -0.3 is 20.3 Å². The average molecular weight is 453 g/mol. The molecule has 3 heterocycles. The highest BCUT2D eigenvalue weighted by molar-refractivity contribution is 6.30. The number of amides is 3. The van der Waals surface area contributed by atoms with Crippen LogP contribution in [0.5, 0.6) is 0 Å². The fraction of sp³-hybridized carbons (Fsp3) is 0.143. The molecule has 0 spiro atoms. The van der Waals surface area contributed by atoms with Crippen molar-refractivity contribution < 1.29 is 19.1 Å². The first-order valence-electron chi connectivity index (χ1n) is 9.55. The minimum absolute atomic E-state index is 0.0432. The summed E-state index contributed by atoms with van der Waals surface area (Å²) in [5, 5.41) is 5.66. The third kappa shape index (κ3) is 4.88. The van der Waals surface area contributed by atoms with Gasteiger partial charge in [-0.3, -0.25) is 14.4 Å². The lowest BCUT2D eigenvalue weighted by Gasteiger charge is -2.26. The van der Waals surface area contributed by atoms with E-state index in [0.29, 0.717) is 29.5 Å². The molecule has 32 heavy (non-hydrogen) atoms. The number of ether oxygens (including phenoxy) is 1. The molecule has 1 aliphatic rings. The van der Waals surface area contributed by atoms with E-state index in [1.807, 2.05) is 0 Å². The second-order valence-electron chi connectivity index (χ2n) is 6.67. The molecule has 0 saturated carbocycles. The summed E-state index contributed by atoms with van der Waals surface area (Å²) in [5.74, 6) is -1.12. The SMILES string of the molecule is O=C(Nc1ccc(N2CCOCC2=O)cc1)c1nccnc1C(=O)Nc1ccc(Cl)cn1. The van der Waals surface area contributed by atoms with Crippen molar-refractivity contribution in [3.63, 3.8) is 0 Å². The molecule has 162 valence electrons. The van der Waals surface area contributed by atoms with Gasteiger partial charge in [-0.25, -0.2) is 15.0 Å². The number of nitrogens with zero attached hydrogens (tertiary/aromatic N) is 4. The van der Waals surface area contributed by atoms with E-state index in [0.717, 1.165) is 0 Å². The summed E-state index contributed by atoms with van der Waals surface area (Å²) in [7, 11) is 0. The van der Waals surface area contributed by atoms with Gasteiger partial charge in [0.25, 0.3) is 17.7 Å². The van der Waals surface area contributed by atoms with Gasteiger partial charge in [-0.1, -0.05) is 11.6 Å². The van der Waals surface area contributed by atoms with E-state index >= 15 is 0 Å². The highest BCUT2D eigenvalue weighted by Crippen LogP contribution is 2.20.